The number of fused-ring (bicyclic) bond motifs is 1. The molecule has 1 aromatic carbocycles. The van der Waals surface area contributed by atoms with E-state index in [2.05, 4.69) is 23.9 Å². The van der Waals surface area contributed by atoms with Gasteiger partial charge in [0.2, 0.25) is 10.0 Å². The van der Waals surface area contributed by atoms with E-state index < -0.39 is 10.0 Å². The predicted octanol–water partition coefficient (Wildman–Crippen LogP) is 0.786. The molecule has 1 aliphatic rings. The van der Waals surface area contributed by atoms with Crippen molar-refractivity contribution >= 4 is 15.7 Å². The third-order valence-corrected chi connectivity index (χ3v) is 4.64. The molecule has 0 bridgehead atoms. The second kappa shape index (κ2) is 5.99. The summed E-state index contributed by atoms with van der Waals surface area (Å²) in [5.41, 5.74) is 0.675. The third kappa shape index (κ3) is 3.23. The molecule has 0 aliphatic carbocycles. The summed E-state index contributed by atoms with van der Waals surface area (Å²) in [6, 6.07) is 4.71. The van der Waals surface area contributed by atoms with Crippen LogP contribution in [0.25, 0.3) is 0 Å². The monoisotopic (exact) mass is 300 g/mol. The average Bonchev–Trinajstić information content (AvgIpc) is 2.44. The smallest absolute Gasteiger partial charge is 0.240 e. The summed E-state index contributed by atoms with van der Waals surface area (Å²) in [7, 11) is -3.59. The van der Waals surface area contributed by atoms with Crippen LogP contribution >= 0.6 is 0 Å². The van der Waals surface area contributed by atoms with E-state index in [9.17, 15) is 8.42 Å². The van der Waals surface area contributed by atoms with E-state index >= 15 is 0 Å². The predicted molar refractivity (Wildman–Crippen MR) is 76.5 cm³/mol. The summed E-state index contributed by atoms with van der Waals surface area (Å²) < 4.78 is 32.1. The Hall–Kier alpha value is -1.31. The Morgan fingerprint density at radius 3 is 2.90 bits per heavy atom. The molecular weight excluding hydrogens is 280 g/mol. The van der Waals surface area contributed by atoms with Gasteiger partial charge >= 0.3 is 0 Å². The summed E-state index contributed by atoms with van der Waals surface area (Å²) in [5.74, 6) is 1.04. The van der Waals surface area contributed by atoms with Crippen LogP contribution in [0.4, 0.5) is 5.69 Å². The fraction of sp³-hybridized carbons (Fsp3) is 0.538. The van der Waals surface area contributed by atoms with Gasteiger partial charge in [-0.15, -0.1) is 0 Å². The highest BCUT2D eigenvalue weighted by atomic mass is 32.2. The molecule has 0 amide bonds. The fourth-order valence-corrected chi connectivity index (χ4v) is 3.01. The quantitative estimate of drug-likeness (QED) is 0.748. The first-order chi connectivity index (χ1) is 9.44. The molecular formula is C13H20N2O4S. The Bertz CT molecular complexity index is 572. The van der Waals surface area contributed by atoms with Crippen LogP contribution in [0.3, 0.4) is 0 Å². The van der Waals surface area contributed by atoms with Gasteiger partial charge in [-0.3, -0.25) is 0 Å². The molecule has 20 heavy (non-hydrogen) atoms. The van der Waals surface area contributed by atoms with Gasteiger partial charge in [-0.2, -0.15) is 0 Å². The molecule has 1 unspecified atom stereocenters. The van der Waals surface area contributed by atoms with E-state index in [-0.39, 0.29) is 24.2 Å². The largest absolute Gasteiger partial charge is 0.486 e. The van der Waals surface area contributed by atoms with Crippen LogP contribution in [0.15, 0.2) is 23.1 Å². The Morgan fingerprint density at radius 2 is 2.25 bits per heavy atom. The minimum Gasteiger partial charge on any atom is -0.486 e. The number of hydrogen-bond acceptors (Lipinski definition) is 5. The average molecular weight is 300 g/mol. The lowest BCUT2D eigenvalue weighted by Crippen LogP contribution is -2.35. The van der Waals surface area contributed by atoms with Crippen molar-refractivity contribution in [3.05, 3.63) is 18.2 Å². The van der Waals surface area contributed by atoms with Gasteiger partial charge < -0.3 is 15.2 Å². The standard InChI is InChI=1S/C13H20N2O4S/c1-9(2)13-8-14-11-7-10(3-4-12(11)19-13)20(17,18)15-5-6-16/h3-4,7,9,13-16H,5-6,8H2,1-2H3. The fourth-order valence-electron chi connectivity index (χ4n) is 1.97. The highest BCUT2D eigenvalue weighted by Gasteiger charge is 2.24. The van der Waals surface area contributed by atoms with Crippen LogP contribution < -0.4 is 14.8 Å². The van der Waals surface area contributed by atoms with Crippen LogP contribution in [0.5, 0.6) is 5.75 Å². The van der Waals surface area contributed by atoms with E-state index in [0.29, 0.717) is 23.9 Å². The first-order valence-corrected chi connectivity index (χ1v) is 8.07. The minimum absolute atomic E-state index is 0.00122. The van der Waals surface area contributed by atoms with Gasteiger partial charge in [0, 0.05) is 6.54 Å². The summed E-state index contributed by atoms with van der Waals surface area (Å²) in [4.78, 5) is 0.156. The molecule has 1 aliphatic heterocycles. The Balaban J connectivity index is 2.22. The highest BCUT2D eigenvalue weighted by molar-refractivity contribution is 7.89. The van der Waals surface area contributed by atoms with E-state index in [1.54, 1.807) is 12.1 Å². The number of anilines is 1. The zero-order valence-electron chi connectivity index (χ0n) is 11.6. The van der Waals surface area contributed by atoms with Crippen molar-refractivity contribution in [1.82, 2.24) is 4.72 Å². The van der Waals surface area contributed by atoms with Crippen LogP contribution in [-0.2, 0) is 10.0 Å². The van der Waals surface area contributed by atoms with Crippen molar-refractivity contribution in [2.45, 2.75) is 24.8 Å². The molecule has 1 aromatic rings. The number of aliphatic hydroxyl groups excluding tert-OH is 1. The molecule has 2 rings (SSSR count). The lowest BCUT2D eigenvalue weighted by atomic mass is 10.1. The molecule has 0 saturated carbocycles. The van der Waals surface area contributed by atoms with E-state index in [1.807, 2.05) is 0 Å². The van der Waals surface area contributed by atoms with E-state index in [0.717, 1.165) is 0 Å². The molecule has 0 fully saturated rings. The summed E-state index contributed by atoms with van der Waals surface area (Å²) in [6.45, 7) is 4.57. The zero-order chi connectivity index (χ0) is 14.8. The summed E-state index contributed by atoms with van der Waals surface area (Å²) in [5, 5.41) is 11.9. The Kier molecular flexibility index (Phi) is 4.52. The molecule has 3 N–H and O–H groups in total. The summed E-state index contributed by atoms with van der Waals surface area (Å²) in [6.07, 6.45) is 0.0810. The minimum atomic E-state index is -3.59. The zero-order valence-corrected chi connectivity index (χ0v) is 12.4. The third-order valence-electron chi connectivity index (χ3n) is 3.18. The maximum absolute atomic E-state index is 12.0. The second-order valence-electron chi connectivity index (χ2n) is 5.06. The van der Waals surface area contributed by atoms with Crippen LogP contribution in [0.1, 0.15) is 13.8 Å². The number of nitrogens with one attached hydrogen (secondary N) is 2. The van der Waals surface area contributed by atoms with Crippen LogP contribution in [0, 0.1) is 5.92 Å². The van der Waals surface area contributed by atoms with Crippen molar-refractivity contribution in [2.75, 3.05) is 25.0 Å². The van der Waals surface area contributed by atoms with Crippen molar-refractivity contribution < 1.29 is 18.3 Å². The van der Waals surface area contributed by atoms with E-state index in [4.69, 9.17) is 9.84 Å². The van der Waals surface area contributed by atoms with Crippen LogP contribution in [-0.4, -0.2) is 39.3 Å². The molecule has 6 nitrogen and oxygen atoms in total. The Morgan fingerprint density at radius 1 is 1.50 bits per heavy atom. The van der Waals surface area contributed by atoms with Crippen molar-refractivity contribution in [1.29, 1.82) is 0 Å². The van der Waals surface area contributed by atoms with Crippen LogP contribution in [0.2, 0.25) is 0 Å². The van der Waals surface area contributed by atoms with Crippen molar-refractivity contribution in [2.24, 2.45) is 5.92 Å². The van der Waals surface area contributed by atoms with Gasteiger partial charge in [-0.05, 0) is 24.1 Å². The van der Waals surface area contributed by atoms with Gasteiger partial charge in [0.05, 0.1) is 23.7 Å². The number of sulfonamides is 1. The normalized spacial score (nSPS) is 18.3. The topological polar surface area (TPSA) is 87.7 Å². The lowest BCUT2D eigenvalue weighted by molar-refractivity contribution is 0.156. The van der Waals surface area contributed by atoms with Gasteiger partial charge in [-0.1, -0.05) is 13.8 Å². The number of aliphatic hydroxyl groups is 1. The van der Waals surface area contributed by atoms with Crippen molar-refractivity contribution in [3.8, 4) is 5.75 Å². The molecule has 0 saturated heterocycles. The van der Waals surface area contributed by atoms with E-state index in [1.165, 1.54) is 6.07 Å². The second-order valence-corrected chi connectivity index (χ2v) is 6.83. The van der Waals surface area contributed by atoms with Gasteiger partial charge in [0.25, 0.3) is 0 Å². The van der Waals surface area contributed by atoms with Gasteiger partial charge in [-0.25, -0.2) is 13.1 Å². The number of rotatable bonds is 5. The first-order valence-electron chi connectivity index (χ1n) is 6.59. The lowest BCUT2D eigenvalue weighted by Gasteiger charge is -2.30. The Labute approximate surface area is 119 Å². The molecule has 0 radical (unpaired) electrons. The molecule has 1 heterocycles. The molecule has 7 heteroatoms. The SMILES string of the molecule is CC(C)C1CNc2cc(S(=O)(=O)NCCO)ccc2O1. The highest BCUT2D eigenvalue weighted by Crippen LogP contribution is 2.32. The molecule has 0 spiro atoms. The molecule has 112 valence electrons. The number of hydrogen-bond donors (Lipinski definition) is 3. The molecule has 0 aromatic heterocycles. The first kappa shape index (κ1) is 15.1. The summed E-state index contributed by atoms with van der Waals surface area (Å²) >= 11 is 0. The maximum atomic E-state index is 12.0. The maximum Gasteiger partial charge on any atom is 0.240 e. The molecule has 1 atom stereocenters. The van der Waals surface area contributed by atoms with Crippen molar-refractivity contribution in [3.63, 3.8) is 0 Å². The van der Waals surface area contributed by atoms with Gasteiger partial charge in [0.1, 0.15) is 11.9 Å². The number of benzene rings is 1. The van der Waals surface area contributed by atoms with Gasteiger partial charge in [0.15, 0.2) is 0 Å². The number of ether oxygens (including phenoxy) is 1.